The van der Waals surface area contributed by atoms with E-state index in [9.17, 15) is 9.18 Å². The minimum absolute atomic E-state index is 0.0379. The summed E-state index contributed by atoms with van der Waals surface area (Å²) in [7, 11) is 0. The summed E-state index contributed by atoms with van der Waals surface area (Å²) in [6.07, 6.45) is 2.25. The molecular weight excluding hydrogens is 369 g/mol. The van der Waals surface area contributed by atoms with E-state index >= 15 is 0 Å². The van der Waals surface area contributed by atoms with Gasteiger partial charge >= 0.3 is 0 Å². The van der Waals surface area contributed by atoms with Crippen molar-refractivity contribution < 1.29 is 9.18 Å². The van der Waals surface area contributed by atoms with Gasteiger partial charge in [0.1, 0.15) is 12.4 Å². The fraction of sp³-hybridized carbons (Fsp3) is 0.409. The van der Waals surface area contributed by atoms with Gasteiger partial charge in [-0.15, -0.1) is 0 Å². The summed E-state index contributed by atoms with van der Waals surface area (Å²) in [4.78, 5) is 19.2. The van der Waals surface area contributed by atoms with Crippen LogP contribution in [0.15, 0.2) is 46.6 Å². The Morgan fingerprint density at radius 3 is 2.59 bits per heavy atom. The van der Waals surface area contributed by atoms with Crippen LogP contribution in [-0.4, -0.2) is 39.5 Å². The summed E-state index contributed by atoms with van der Waals surface area (Å²) in [6, 6.07) is 8.20. The van der Waals surface area contributed by atoms with Crippen molar-refractivity contribution in [2.75, 3.05) is 13.1 Å². The van der Waals surface area contributed by atoms with Gasteiger partial charge in [-0.2, -0.15) is 5.10 Å². The minimum atomic E-state index is -0.280. The van der Waals surface area contributed by atoms with E-state index in [2.05, 4.69) is 10.1 Å². The molecule has 6 nitrogen and oxygen atoms in total. The number of hydrogen-bond donors (Lipinski definition) is 1. The highest BCUT2D eigenvalue weighted by Gasteiger charge is 2.20. The van der Waals surface area contributed by atoms with Gasteiger partial charge in [0, 0.05) is 36.5 Å². The van der Waals surface area contributed by atoms with Gasteiger partial charge in [-0.25, -0.2) is 9.38 Å². The number of benzene rings is 1. The number of carbonyl (C=O) groups is 1. The second-order valence-electron chi connectivity index (χ2n) is 7.40. The van der Waals surface area contributed by atoms with Crippen LogP contribution in [0.3, 0.4) is 0 Å². The Balaban J connectivity index is 1.72. The van der Waals surface area contributed by atoms with Gasteiger partial charge in [-0.3, -0.25) is 9.48 Å². The van der Waals surface area contributed by atoms with Crippen molar-refractivity contribution in [1.29, 1.82) is 0 Å². The van der Waals surface area contributed by atoms with Crippen LogP contribution in [0.4, 0.5) is 4.39 Å². The number of aromatic nitrogens is 2. The van der Waals surface area contributed by atoms with E-state index in [1.165, 1.54) is 17.7 Å². The number of amides is 1. The molecule has 2 aromatic rings. The maximum Gasteiger partial charge on any atom is 0.244 e. The molecule has 1 aromatic heterocycles. The first-order chi connectivity index (χ1) is 13.9. The highest BCUT2D eigenvalue weighted by molar-refractivity contribution is 5.79. The quantitative estimate of drug-likeness (QED) is 0.619. The molecule has 29 heavy (non-hydrogen) atoms. The fourth-order valence-corrected chi connectivity index (χ4v) is 3.49. The molecule has 2 N–H and O–H groups in total. The van der Waals surface area contributed by atoms with Crippen LogP contribution in [0.1, 0.15) is 39.3 Å². The number of hydrogen-bond acceptors (Lipinski definition) is 3. The van der Waals surface area contributed by atoms with E-state index < -0.39 is 0 Å². The van der Waals surface area contributed by atoms with Gasteiger partial charge in [0.05, 0.1) is 11.5 Å². The summed E-state index contributed by atoms with van der Waals surface area (Å²) < 4.78 is 15.0. The van der Waals surface area contributed by atoms with Crippen LogP contribution in [0.2, 0.25) is 0 Å². The van der Waals surface area contributed by atoms with E-state index in [4.69, 9.17) is 5.73 Å². The Morgan fingerprint density at radius 2 is 1.93 bits per heavy atom. The van der Waals surface area contributed by atoms with Crippen LogP contribution in [-0.2, 0) is 17.8 Å². The summed E-state index contributed by atoms with van der Waals surface area (Å²) >= 11 is 0. The first-order valence-electron chi connectivity index (χ1n) is 9.97. The minimum Gasteiger partial charge on any atom is -0.387 e. The molecule has 0 spiro atoms. The molecule has 154 valence electrons. The molecule has 7 heteroatoms. The molecule has 0 saturated heterocycles. The summed E-state index contributed by atoms with van der Waals surface area (Å²) in [5.74, 6) is 0.296. The predicted octanol–water partition coefficient (Wildman–Crippen LogP) is 3.53. The first kappa shape index (κ1) is 20.8. The molecular formula is C22H28FN5O. The second kappa shape index (κ2) is 9.03. The Hall–Kier alpha value is -2.96. The van der Waals surface area contributed by atoms with Crippen LogP contribution in [0.5, 0.6) is 0 Å². The van der Waals surface area contributed by atoms with Gasteiger partial charge in [0.15, 0.2) is 0 Å². The van der Waals surface area contributed by atoms with Crippen LogP contribution < -0.4 is 5.73 Å². The Kier molecular flexibility index (Phi) is 6.46. The molecule has 0 bridgehead atoms. The molecule has 1 amide bonds. The van der Waals surface area contributed by atoms with E-state index in [1.54, 1.807) is 23.7 Å². The zero-order valence-corrected chi connectivity index (χ0v) is 17.3. The average molecular weight is 397 g/mol. The molecule has 0 radical (unpaired) electrons. The lowest BCUT2D eigenvalue weighted by molar-refractivity contribution is -0.132. The summed E-state index contributed by atoms with van der Waals surface area (Å²) in [6.45, 7) is 7.34. The van der Waals surface area contributed by atoms with Crippen molar-refractivity contribution in [3.63, 3.8) is 0 Å². The van der Waals surface area contributed by atoms with Gasteiger partial charge in [0.25, 0.3) is 0 Å². The SMILES string of the molecule is CCc1cc(-c2ccc(F)cc2)nn1CC(=O)N1CCC(C)=C(N=C(C)N)CC1. The number of aryl methyl sites for hydroxylation is 1. The Labute approximate surface area is 170 Å². The van der Waals surface area contributed by atoms with Crippen molar-refractivity contribution in [2.45, 2.75) is 46.6 Å². The predicted molar refractivity (Wildman–Crippen MR) is 113 cm³/mol. The number of nitrogens with zero attached hydrogens (tertiary/aromatic N) is 4. The fourth-order valence-electron chi connectivity index (χ4n) is 3.49. The number of rotatable bonds is 5. The lowest BCUT2D eigenvalue weighted by Crippen LogP contribution is -2.35. The van der Waals surface area contributed by atoms with Crippen molar-refractivity contribution in [1.82, 2.24) is 14.7 Å². The smallest absolute Gasteiger partial charge is 0.244 e. The zero-order chi connectivity index (χ0) is 21.0. The topological polar surface area (TPSA) is 76.5 Å². The van der Waals surface area contributed by atoms with Crippen molar-refractivity contribution in [2.24, 2.45) is 10.7 Å². The third-order valence-electron chi connectivity index (χ3n) is 5.18. The molecule has 1 aliphatic heterocycles. The van der Waals surface area contributed by atoms with Crippen LogP contribution >= 0.6 is 0 Å². The largest absolute Gasteiger partial charge is 0.387 e. The zero-order valence-electron chi connectivity index (χ0n) is 17.3. The maximum absolute atomic E-state index is 13.2. The molecule has 1 aromatic carbocycles. The van der Waals surface area contributed by atoms with Gasteiger partial charge in [-0.05, 0) is 62.6 Å². The molecule has 0 atom stereocenters. The molecule has 0 unspecified atom stereocenters. The Morgan fingerprint density at radius 1 is 1.24 bits per heavy atom. The third kappa shape index (κ3) is 5.10. The van der Waals surface area contributed by atoms with E-state index in [1.807, 2.05) is 24.8 Å². The molecule has 0 saturated carbocycles. The average Bonchev–Trinajstić information content (AvgIpc) is 3.00. The monoisotopic (exact) mass is 397 g/mol. The van der Waals surface area contributed by atoms with Gasteiger partial charge < -0.3 is 10.6 Å². The number of halogens is 1. The van der Waals surface area contributed by atoms with Crippen LogP contribution in [0.25, 0.3) is 11.3 Å². The number of amidine groups is 1. The molecule has 0 aliphatic carbocycles. The van der Waals surface area contributed by atoms with Crippen molar-refractivity contribution in [3.05, 3.63) is 53.1 Å². The normalized spacial score (nSPS) is 15.6. The van der Waals surface area contributed by atoms with E-state index in [0.717, 1.165) is 35.5 Å². The third-order valence-corrected chi connectivity index (χ3v) is 5.18. The van der Waals surface area contributed by atoms with Crippen LogP contribution in [0, 0.1) is 5.82 Å². The van der Waals surface area contributed by atoms with E-state index in [0.29, 0.717) is 25.3 Å². The molecule has 2 heterocycles. The number of carbonyl (C=O) groups excluding carboxylic acids is 1. The standard InChI is InChI=1S/C22H28FN5O/c1-4-19-13-21(17-5-7-18(23)8-6-17)26-28(19)14-22(29)27-11-9-15(2)20(10-12-27)25-16(3)24/h5-8,13H,4,9-12,14H2,1-3H3,(H2,24,25). The second-order valence-corrected chi connectivity index (χ2v) is 7.40. The highest BCUT2D eigenvalue weighted by Crippen LogP contribution is 2.22. The molecule has 3 rings (SSSR count). The van der Waals surface area contributed by atoms with Gasteiger partial charge in [-0.1, -0.05) is 6.92 Å². The molecule has 1 aliphatic rings. The Bertz CT molecular complexity index is 939. The van der Waals surface area contributed by atoms with Crippen molar-refractivity contribution >= 4 is 11.7 Å². The van der Waals surface area contributed by atoms with Crippen molar-refractivity contribution in [3.8, 4) is 11.3 Å². The lowest BCUT2D eigenvalue weighted by atomic mass is 10.1. The summed E-state index contributed by atoms with van der Waals surface area (Å²) in [5, 5.41) is 4.61. The number of aliphatic imine (C=N–C) groups is 1. The van der Waals surface area contributed by atoms with Gasteiger partial charge in [0.2, 0.25) is 5.91 Å². The number of nitrogens with two attached hydrogens (primary N) is 1. The van der Waals surface area contributed by atoms with E-state index in [-0.39, 0.29) is 18.3 Å². The lowest BCUT2D eigenvalue weighted by Gasteiger charge is -2.21. The first-order valence-corrected chi connectivity index (χ1v) is 9.97. The molecule has 0 fully saturated rings. The highest BCUT2D eigenvalue weighted by atomic mass is 19.1. The maximum atomic E-state index is 13.2. The summed E-state index contributed by atoms with van der Waals surface area (Å²) in [5.41, 5.74) is 10.4.